The molecule has 0 aliphatic carbocycles. The van der Waals surface area contributed by atoms with Crippen molar-refractivity contribution in [3.8, 4) is 0 Å². The highest BCUT2D eigenvalue weighted by atomic mass is 35.5. The van der Waals surface area contributed by atoms with Crippen LogP contribution in [-0.2, 0) is 0 Å². The maximum Gasteiger partial charge on any atom is 0.0325 e. The number of nitrogens with one attached hydrogen (secondary N) is 1. The van der Waals surface area contributed by atoms with Gasteiger partial charge < -0.3 is 10.2 Å². The Morgan fingerprint density at radius 1 is 1.70 bits per heavy atom. The topological polar surface area (TPSA) is 15.3 Å². The third kappa shape index (κ3) is 2.29. The number of likely N-dealkylation sites (N-methyl/N-ethyl adjacent to an activating group) is 1. The number of rotatable bonds is 3. The van der Waals surface area contributed by atoms with Gasteiger partial charge in [0.25, 0.3) is 0 Å². The van der Waals surface area contributed by atoms with Crippen LogP contribution in [0.5, 0.6) is 0 Å². The number of hydrogen-bond acceptors (Lipinski definition) is 2. The fourth-order valence-corrected chi connectivity index (χ4v) is 1.20. The molecule has 0 aromatic carbocycles. The molecular weight excluding hydrogens is 148 g/mol. The number of halogens is 1. The van der Waals surface area contributed by atoms with Crippen LogP contribution in [0.3, 0.4) is 0 Å². The molecule has 0 saturated carbocycles. The zero-order chi connectivity index (χ0) is 7.40. The lowest BCUT2D eigenvalue weighted by molar-refractivity contribution is 0.165. The molecule has 0 unspecified atom stereocenters. The van der Waals surface area contributed by atoms with Gasteiger partial charge >= 0.3 is 0 Å². The monoisotopic (exact) mass is 160 g/mol. The van der Waals surface area contributed by atoms with E-state index >= 15 is 0 Å². The Kier molecular flexibility index (Phi) is 3.19. The van der Waals surface area contributed by atoms with Crippen molar-refractivity contribution in [3.63, 3.8) is 0 Å². The molecule has 0 atom stereocenters. The van der Waals surface area contributed by atoms with E-state index in [9.17, 15) is 0 Å². The van der Waals surface area contributed by atoms with Crippen LogP contribution in [0.25, 0.3) is 0 Å². The zero-order valence-corrected chi connectivity index (χ0v) is 6.93. The summed E-state index contributed by atoms with van der Waals surface area (Å²) >= 11 is 5.34. The highest BCUT2D eigenvalue weighted by Crippen LogP contribution is 2.02. The molecule has 2 nitrogen and oxygen atoms in total. The molecule has 1 heterocycles. The molecule has 0 aromatic heterocycles. The first kappa shape index (κ1) is 8.05. The molecule has 1 rings (SSSR count). The summed E-state index contributed by atoms with van der Waals surface area (Å²) in [5, 5.41) is 3.34. The molecule has 3 heteroatoms. The Bertz CT molecular complexity index is 119. The summed E-state index contributed by atoms with van der Waals surface area (Å²) in [7, 11) is 2.12. The van der Waals surface area contributed by atoms with Crippen molar-refractivity contribution in [1.82, 2.24) is 10.2 Å². The average molecular weight is 161 g/mol. The Hall–Kier alpha value is -0.0500. The van der Waals surface area contributed by atoms with Gasteiger partial charge in [0, 0.05) is 31.2 Å². The van der Waals surface area contributed by atoms with Crippen molar-refractivity contribution in [2.24, 2.45) is 0 Å². The van der Waals surface area contributed by atoms with Gasteiger partial charge in [-0.15, -0.1) is 0 Å². The molecule has 0 aromatic rings. The summed E-state index contributed by atoms with van der Waals surface area (Å²) in [4.78, 5) is 2.28. The predicted molar refractivity (Wildman–Crippen MR) is 44.3 cm³/mol. The first-order chi connectivity index (χ1) is 4.83. The van der Waals surface area contributed by atoms with Crippen LogP contribution >= 0.6 is 11.6 Å². The van der Waals surface area contributed by atoms with Gasteiger partial charge in [-0.05, 0) is 7.05 Å². The third-order valence-corrected chi connectivity index (χ3v) is 1.86. The van der Waals surface area contributed by atoms with Gasteiger partial charge in [0.2, 0.25) is 0 Å². The Balaban J connectivity index is 1.95. The van der Waals surface area contributed by atoms with Gasteiger partial charge in [-0.1, -0.05) is 17.7 Å². The summed E-state index contributed by atoms with van der Waals surface area (Å²) < 4.78 is 0. The first-order valence-electron chi connectivity index (χ1n) is 3.50. The van der Waals surface area contributed by atoms with E-state index in [1.165, 1.54) is 0 Å². The molecule has 58 valence electrons. The second-order valence-corrected chi connectivity index (χ2v) is 2.94. The molecule has 0 spiro atoms. The van der Waals surface area contributed by atoms with E-state index in [2.05, 4.69) is 17.3 Å². The van der Waals surface area contributed by atoms with Crippen LogP contribution in [-0.4, -0.2) is 37.6 Å². The standard InChI is InChI=1S/C7H13ClN2/c1-10-5-7(6-10)9-4-2-3-8/h2-3,7,9H,4-6H2,1H3/b3-2+. The van der Waals surface area contributed by atoms with Crippen molar-refractivity contribution < 1.29 is 0 Å². The Morgan fingerprint density at radius 3 is 2.90 bits per heavy atom. The minimum atomic E-state index is 0.679. The maximum atomic E-state index is 5.34. The lowest BCUT2D eigenvalue weighted by atomic mass is 10.1. The smallest absolute Gasteiger partial charge is 0.0325 e. The van der Waals surface area contributed by atoms with E-state index in [0.717, 1.165) is 19.6 Å². The largest absolute Gasteiger partial charge is 0.308 e. The van der Waals surface area contributed by atoms with Gasteiger partial charge in [0.05, 0.1) is 0 Å². The van der Waals surface area contributed by atoms with Crippen LogP contribution in [0.1, 0.15) is 0 Å². The fourth-order valence-electron chi connectivity index (χ4n) is 1.11. The molecule has 0 radical (unpaired) electrons. The van der Waals surface area contributed by atoms with Gasteiger partial charge in [-0.2, -0.15) is 0 Å². The first-order valence-corrected chi connectivity index (χ1v) is 3.93. The number of hydrogen-bond donors (Lipinski definition) is 1. The quantitative estimate of drug-likeness (QED) is 0.652. The maximum absolute atomic E-state index is 5.34. The van der Waals surface area contributed by atoms with Crippen molar-refractivity contribution in [1.29, 1.82) is 0 Å². The lowest BCUT2D eigenvalue weighted by Gasteiger charge is -2.36. The van der Waals surface area contributed by atoms with Crippen molar-refractivity contribution in [2.45, 2.75) is 6.04 Å². The van der Waals surface area contributed by atoms with Crippen LogP contribution in [0.15, 0.2) is 11.6 Å². The second kappa shape index (κ2) is 3.96. The SMILES string of the molecule is CN1CC(NC/C=C/Cl)C1. The summed E-state index contributed by atoms with van der Waals surface area (Å²) in [6.45, 7) is 3.22. The van der Waals surface area contributed by atoms with E-state index in [1.807, 2.05) is 6.08 Å². The molecule has 0 bridgehead atoms. The lowest BCUT2D eigenvalue weighted by Crippen LogP contribution is -2.55. The van der Waals surface area contributed by atoms with Crippen molar-refractivity contribution in [3.05, 3.63) is 11.6 Å². The molecule has 1 fully saturated rings. The van der Waals surface area contributed by atoms with Gasteiger partial charge in [0.15, 0.2) is 0 Å². The van der Waals surface area contributed by atoms with Crippen LogP contribution in [0.2, 0.25) is 0 Å². The normalized spacial score (nSPS) is 21.8. The fraction of sp³-hybridized carbons (Fsp3) is 0.714. The van der Waals surface area contributed by atoms with E-state index in [4.69, 9.17) is 11.6 Å². The second-order valence-electron chi connectivity index (χ2n) is 2.69. The highest BCUT2D eigenvalue weighted by Gasteiger charge is 2.21. The average Bonchev–Trinajstić information content (AvgIpc) is 1.85. The summed E-state index contributed by atoms with van der Waals surface area (Å²) in [6.07, 6.45) is 1.92. The third-order valence-electron chi connectivity index (χ3n) is 1.68. The van der Waals surface area contributed by atoms with E-state index in [1.54, 1.807) is 5.54 Å². The molecule has 1 N–H and O–H groups in total. The van der Waals surface area contributed by atoms with E-state index in [-0.39, 0.29) is 0 Å². The molecular formula is C7H13ClN2. The highest BCUT2D eigenvalue weighted by molar-refractivity contribution is 6.25. The number of nitrogens with zero attached hydrogens (tertiary/aromatic N) is 1. The molecule has 0 amide bonds. The minimum absolute atomic E-state index is 0.679. The van der Waals surface area contributed by atoms with Gasteiger partial charge in [-0.3, -0.25) is 0 Å². The van der Waals surface area contributed by atoms with Crippen LogP contribution < -0.4 is 5.32 Å². The zero-order valence-electron chi connectivity index (χ0n) is 6.18. The number of likely N-dealkylation sites (tertiary alicyclic amines) is 1. The van der Waals surface area contributed by atoms with Crippen LogP contribution in [0.4, 0.5) is 0 Å². The van der Waals surface area contributed by atoms with Crippen molar-refractivity contribution >= 4 is 11.6 Å². The Labute approximate surface area is 66.8 Å². The van der Waals surface area contributed by atoms with E-state index in [0.29, 0.717) is 6.04 Å². The molecule has 1 saturated heterocycles. The molecule has 1 aliphatic rings. The Morgan fingerprint density at radius 2 is 2.40 bits per heavy atom. The molecule has 10 heavy (non-hydrogen) atoms. The molecule has 1 aliphatic heterocycles. The summed E-state index contributed by atoms with van der Waals surface area (Å²) in [6, 6.07) is 0.679. The minimum Gasteiger partial charge on any atom is -0.308 e. The summed E-state index contributed by atoms with van der Waals surface area (Å²) in [5.74, 6) is 0. The van der Waals surface area contributed by atoms with Crippen LogP contribution in [0, 0.1) is 0 Å². The predicted octanol–water partition coefficient (Wildman–Crippen LogP) is 0.642. The summed E-state index contributed by atoms with van der Waals surface area (Å²) in [5.41, 5.74) is 1.55. The van der Waals surface area contributed by atoms with E-state index < -0.39 is 0 Å². The van der Waals surface area contributed by atoms with Gasteiger partial charge in [0.1, 0.15) is 0 Å². The van der Waals surface area contributed by atoms with Gasteiger partial charge in [-0.25, -0.2) is 0 Å². The van der Waals surface area contributed by atoms with Crippen molar-refractivity contribution in [2.75, 3.05) is 26.7 Å².